The van der Waals surface area contributed by atoms with E-state index in [1.54, 1.807) is 12.1 Å². The van der Waals surface area contributed by atoms with Gasteiger partial charge in [0.15, 0.2) is 0 Å². The third-order valence-electron chi connectivity index (χ3n) is 7.95. The molecule has 3 aliphatic heterocycles. The molecule has 0 saturated carbocycles. The molecule has 3 aliphatic rings. The minimum atomic E-state index is -0.250. The minimum Gasteiger partial charge on any atom is -0.341 e. The number of pyridine rings is 1. The number of benzene rings is 1. The fourth-order valence-corrected chi connectivity index (χ4v) is 5.91. The molecule has 5 rings (SSSR count). The van der Waals surface area contributed by atoms with Crippen LogP contribution in [0, 0.1) is 5.82 Å². The number of aromatic nitrogens is 1. The van der Waals surface area contributed by atoms with E-state index >= 15 is 0 Å². The molecule has 37 heavy (non-hydrogen) atoms. The average Bonchev–Trinajstić information content (AvgIpc) is 3.14. The van der Waals surface area contributed by atoms with Gasteiger partial charge in [-0.15, -0.1) is 0 Å². The van der Waals surface area contributed by atoms with Gasteiger partial charge in [-0.05, 0) is 55.5 Å². The van der Waals surface area contributed by atoms with E-state index in [2.05, 4.69) is 37.1 Å². The van der Waals surface area contributed by atoms with E-state index in [0.717, 1.165) is 55.0 Å². The van der Waals surface area contributed by atoms with Crippen LogP contribution in [0.5, 0.6) is 0 Å². The van der Waals surface area contributed by atoms with Crippen molar-refractivity contribution in [3.63, 3.8) is 0 Å². The highest BCUT2D eigenvalue weighted by Crippen LogP contribution is 2.39. The van der Waals surface area contributed by atoms with E-state index in [1.165, 1.54) is 12.1 Å². The summed E-state index contributed by atoms with van der Waals surface area (Å²) in [5.41, 5.74) is 3.57. The molecule has 0 unspecified atom stereocenters. The van der Waals surface area contributed by atoms with E-state index in [1.807, 2.05) is 16.0 Å². The first-order valence-corrected chi connectivity index (χ1v) is 13.5. The summed E-state index contributed by atoms with van der Waals surface area (Å²) in [5.74, 6) is 0.0438. The van der Waals surface area contributed by atoms with Gasteiger partial charge in [0.2, 0.25) is 11.8 Å². The van der Waals surface area contributed by atoms with Crippen molar-refractivity contribution < 1.29 is 14.0 Å². The topological polar surface area (TPSA) is 68.8 Å². The number of piperazine rings is 1. The third-order valence-corrected chi connectivity index (χ3v) is 7.95. The predicted octanol–water partition coefficient (Wildman–Crippen LogP) is 3.11. The Morgan fingerprint density at radius 3 is 2.73 bits per heavy atom. The summed E-state index contributed by atoms with van der Waals surface area (Å²) in [6.07, 6.45) is 5.15. The van der Waals surface area contributed by atoms with Crippen molar-refractivity contribution in [2.45, 2.75) is 64.0 Å². The van der Waals surface area contributed by atoms with Crippen LogP contribution in [0.3, 0.4) is 0 Å². The number of likely N-dealkylation sites (tertiary alicyclic amines) is 1. The van der Waals surface area contributed by atoms with Crippen LogP contribution < -0.4 is 10.2 Å². The number of halogens is 1. The highest BCUT2D eigenvalue weighted by atomic mass is 19.1. The van der Waals surface area contributed by atoms with Crippen LogP contribution in [-0.4, -0.2) is 78.0 Å². The number of rotatable bonds is 6. The van der Waals surface area contributed by atoms with E-state index in [0.29, 0.717) is 32.5 Å². The summed E-state index contributed by atoms with van der Waals surface area (Å²) in [7, 11) is 0. The van der Waals surface area contributed by atoms with Gasteiger partial charge < -0.3 is 15.1 Å². The van der Waals surface area contributed by atoms with Crippen molar-refractivity contribution in [3.05, 3.63) is 59.2 Å². The third kappa shape index (κ3) is 5.70. The molecule has 0 radical (unpaired) electrons. The number of anilines is 1. The number of hydrogen-bond donors (Lipinski definition) is 1. The molecule has 4 heterocycles. The van der Waals surface area contributed by atoms with Crippen molar-refractivity contribution in [1.82, 2.24) is 20.1 Å². The lowest BCUT2D eigenvalue weighted by Gasteiger charge is -2.42. The Balaban J connectivity index is 1.33. The van der Waals surface area contributed by atoms with Crippen LogP contribution in [0.15, 0.2) is 36.5 Å². The number of carbonyl (C=O) groups is 2. The largest absolute Gasteiger partial charge is 0.341 e. The van der Waals surface area contributed by atoms with Crippen molar-refractivity contribution in [1.29, 1.82) is 0 Å². The van der Waals surface area contributed by atoms with Gasteiger partial charge in [-0.25, -0.2) is 4.39 Å². The molecule has 0 spiro atoms. The van der Waals surface area contributed by atoms with E-state index in [9.17, 15) is 14.0 Å². The van der Waals surface area contributed by atoms with Crippen LogP contribution in [0.2, 0.25) is 0 Å². The van der Waals surface area contributed by atoms with Gasteiger partial charge in [0.05, 0.1) is 17.9 Å². The molecule has 2 amide bonds. The van der Waals surface area contributed by atoms with Gasteiger partial charge in [0.25, 0.3) is 0 Å². The fraction of sp³-hybridized carbons (Fsp3) is 0.552. The highest BCUT2D eigenvalue weighted by molar-refractivity contribution is 5.97. The molecule has 0 bridgehead atoms. The van der Waals surface area contributed by atoms with Crippen molar-refractivity contribution in [2.75, 3.05) is 44.2 Å². The van der Waals surface area contributed by atoms with Crippen molar-refractivity contribution >= 4 is 17.5 Å². The van der Waals surface area contributed by atoms with Crippen LogP contribution in [-0.2, 0) is 21.4 Å². The van der Waals surface area contributed by atoms with Crippen LogP contribution in [0.25, 0.3) is 0 Å². The molecule has 1 N–H and O–H groups in total. The van der Waals surface area contributed by atoms with Gasteiger partial charge >= 0.3 is 0 Å². The normalized spacial score (nSPS) is 23.8. The maximum Gasteiger partial charge on any atom is 0.241 e. The van der Waals surface area contributed by atoms with Gasteiger partial charge in [0, 0.05) is 62.8 Å². The molecule has 2 aromatic rings. The first kappa shape index (κ1) is 25.8. The number of fused-ring (bicyclic) bond motifs is 1. The SMILES string of the molecule is C[C@@H]1CN(CC(=O)N2CC(C)(C)c3ncc(Cc4ccc(F)cc4)cc32)[C@@H](CN2CCCCC2=O)CN1. The van der Waals surface area contributed by atoms with E-state index in [4.69, 9.17) is 4.98 Å². The molecule has 1 aromatic carbocycles. The Morgan fingerprint density at radius 2 is 1.97 bits per heavy atom. The molecule has 7 nitrogen and oxygen atoms in total. The molecule has 2 fully saturated rings. The lowest BCUT2D eigenvalue weighted by atomic mass is 9.91. The number of carbonyl (C=O) groups excluding carboxylic acids is 2. The van der Waals surface area contributed by atoms with Gasteiger partial charge in [-0.1, -0.05) is 26.0 Å². The quantitative estimate of drug-likeness (QED) is 0.651. The summed E-state index contributed by atoms with van der Waals surface area (Å²) in [6.45, 7) is 10.3. The number of hydrogen-bond acceptors (Lipinski definition) is 5. The number of nitrogens with zero attached hydrogens (tertiary/aromatic N) is 4. The number of amides is 2. The smallest absolute Gasteiger partial charge is 0.241 e. The average molecular weight is 508 g/mol. The zero-order valence-corrected chi connectivity index (χ0v) is 22.2. The minimum absolute atomic E-state index is 0.0663. The van der Waals surface area contributed by atoms with Gasteiger partial charge in [-0.3, -0.25) is 19.5 Å². The number of nitrogens with one attached hydrogen (secondary N) is 1. The first-order valence-electron chi connectivity index (χ1n) is 13.5. The van der Waals surface area contributed by atoms with E-state index in [-0.39, 0.29) is 35.1 Å². The monoisotopic (exact) mass is 507 g/mol. The summed E-state index contributed by atoms with van der Waals surface area (Å²) in [4.78, 5) is 37.1. The molecule has 8 heteroatoms. The molecule has 2 saturated heterocycles. The van der Waals surface area contributed by atoms with Gasteiger partial charge in [-0.2, -0.15) is 0 Å². The maximum absolute atomic E-state index is 13.8. The molecule has 198 valence electrons. The zero-order valence-electron chi connectivity index (χ0n) is 22.2. The lowest BCUT2D eigenvalue weighted by Crippen LogP contribution is -2.61. The molecule has 1 aromatic heterocycles. The Morgan fingerprint density at radius 1 is 1.19 bits per heavy atom. The molecule has 0 aliphatic carbocycles. The van der Waals surface area contributed by atoms with Crippen LogP contribution >= 0.6 is 0 Å². The fourth-order valence-electron chi connectivity index (χ4n) is 5.91. The highest BCUT2D eigenvalue weighted by Gasteiger charge is 2.41. The molecular formula is C29H38FN5O2. The van der Waals surface area contributed by atoms with Crippen molar-refractivity contribution in [2.24, 2.45) is 0 Å². The summed E-state index contributed by atoms with van der Waals surface area (Å²) < 4.78 is 13.3. The molecule has 2 atom stereocenters. The predicted molar refractivity (Wildman–Crippen MR) is 142 cm³/mol. The second-order valence-electron chi connectivity index (χ2n) is 11.6. The lowest BCUT2D eigenvalue weighted by molar-refractivity contribution is -0.134. The standard InChI is InChI=1S/C29H38FN5O2/c1-20-16-34(24(15-31-20)17-33-11-5-4-6-26(33)36)18-27(37)35-19-29(2,3)28-25(35)13-22(14-32-28)12-21-7-9-23(30)10-8-21/h7-10,13-14,20,24,31H,4-6,11-12,15-19H2,1-3H3/t20-,24-/m1/s1. The number of piperidine rings is 1. The summed E-state index contributed by atoms with van der Waals surface area (Å²) >= 11 is 0. The zero-order chi connectivity index (χ0) is 26.2. The molecular weight excluding hydrogens is 469 g/mol. The van der Waals surface area contributed by atoms with E-state index < -0.39 is 0 Å². The second-order valence-corrected chi connectivity index (χ2v) is 11.6. The van der Waals surface area contributed by atoms with Crippen molar-refractivity contribution in [3.8, 4) is 0 Å². The summed E-state index contributed by atoms with van der Waals surface area (Å²) in [6, 6.07) is 8.98. The van der Waals surface area contributed by atoms with Gasteiger partial charge in [0.1, 0.15) is 5.82 Å². The Labute approximate surface area is 219 Å². The first-order chi connectivity index (χ1) is 17.7. The Hall–Kier alpha value is -2.84. The maximum atomic E-state index is 13.8. The Bertz CT molecular complexity index is 1150. The Kier molecular flexibility index (Phi) is 7.32. The second kappa shape index (κ2) is 10.5. The van der Waals surface area contributed by atoms with Crippen LogP contribution in [0.1, 0.15) is 56.9 Å². The van der Waals surface area contributed by atoms with Crippen LogP contribution in [0.4, 0.5) is 10.1 Å². The summed E-state index contributed by atoms with van der Waals surface area (Å²) in [5, 5.41) is 3.53.